The number of allylic oxidation sites excluding steroid dienone is 1. The maximum atomic E-state index is 12.6. The zero-order valence-electron chi connectivity index (χ0n) is 16.0. The van der Waals surface area contributed by atoms with E-state index in [1.165, 1.54) is 11.8 Å². The van der Waals surface area contributed by atoms with Gasteiger partial charge < -0.3 is 9.88 Å². The van der Waals surface area contributed by atoms with Crippen LogP contribution in [0, 0.1) is 6.92 Å². The van der Waals surface area contributed by atoms with Crippen molar-refractivity contribution in [3.63, 3.8) is 0 Å². The number of hydrogen-bond acceptors (Lipinski definition) is 3. The number of aromatic nitrogens is 2. The number of amides is 1. The van der Waals surface area contributed by atoms with Crippen molar-refractivity contribution in [2.45, 2.75) is 38.4 Å². The molecule has 1 aromatic heterocycles. The molecule has 3 rings (SSSR count). The quantitative estimate of drug-likeness (QED) is 0.442. The Labute approximate surface area is 164 Å². The lowest BCUT2D eigenvalue weighted by Gasteiger charge is -2.16. The molecule has 2 aromatic carbocycles. The van der Waals surface area contributed by atoms with Crippen molar-refractivity contribution in [2.75, 3.05) is 11.1 Å². The average Bonchev–Trinajstić information content (AvgIpc) is 2.99. The van der Waals surface area contributed by atoms with Gasteiger partial charge in [0.2, 0.25) is 5.91 Å². The van der Waals surface area contributed by atoms with Gasteiger partial charge in [0, 0.05) is 12.2 Å². The molecule has 0 radical (unpaired) electrons. The van der Waals surface area contributed by atoms with Crippen LogP contribution in [0.3, 0.4) is 0 Å². The molecule has 0 atom stereocenters. The van der Waals surface area contributed by atoms with E-state index in [-0.39, 0.29) is 5.91 Å². The number of nitrogens with zero attached hydrogens (tertiary/aromatic N) is 2. The summed E-state index contributed by atoms with van der Waals surface area (Å²) in [7, 11) is 0. The highest BCUT2D eigenvalue weighted by molar-refractivity contribution is 7.99. The second-order valence-corrected chi connectivity index (χ2v) is 7.76. The van der Waals surface area contributed by atoms with Crippen molar-refractivity contribution < 1.29 is 4.79 Å². The molecule has 0 saturated carbocycles. The van der Waals surface area contributed by atoms with Crippen LogP contribution >= 0.6 is 11.8 Å². The molecule has 0 unspecified atom stereocenters. The second kappa shape index (κ2) is 8.44. The van der Waals surface area contributed by atoms with E-state index in [0.29, 0.717) is 18.2 Å². The number of carbonyl (C=O) groups is 1. The molecule has 5 heteroatoms. The van der Waals surface area contributed by atoms with Crippen LogP contribution < -0.4 is 5.32 Å². The fraction of sp³-hybridized carbons (Fsp3) is 0.273. The van der Waals surface area contributed by atoms with Crippen LogP contribution in [-0.2, 0) is 11.3 Å². The number of hydrogen-bond donors (Lipinski definition) is 1. The fourth-order valence-electron chi connectivity index (χ4n) is 3.12. The van der Waals surface area contributed by atoms with E-state index in [1.807, 2.05) is 49.4 Å². The van der Waals surface area contributed by atoms with Gasteiger partial charge in [-0.3, -0.25) is 4.79 Å². The summed E-state index contributed by atoms with van der Waals surface area (Å²) in [6.07, 6.45) is 1.85. The predicted octanol–water partition coefficient (Wildman–Crippen LogP) is 5.38. The van der Waals surface area contributed by atoms with Gasteiger partial charge in [0.05, 0.1) is 16.8 Å². The van der Waals surface area contributed by atoms with Crippen molar-refractivity contribution >= 4 is 34.4 Å². The molecule has 0 aliphatic heterocycles. The smallest absolute Gasteiger partial charge is 0.234 e. The Morgan fingerprint density at radius 2 is 2.04 bits per heavy atom. The lowest BCUT2D eigenvalue weighted by atomic mass is 9.98. The number of carbonyl (C=O) groups excluding carboxylic acids is 1. The summed E-state index contributed by atoms with van der Waals surface area (Å²) in [5, 5.41) is 3.93. The average molecular weight is 380 g/mol. The molecule has 1 heterocycles. The van der Waals surface area contributed by atoms with Gasteiger partial charge >= 0.3 is 0 Å². The number of imidazole rings is 1. The summed E-state index contributed by atoms with van der Waals surface area (Å²) in [6.45, 7) is 10.8. The van der Waals surface area contributed by atoms with Crippen LogP contribution in [0.5, 0.6) is 0 Å². The molecular formula is C22H25N3OS. The Kier molecular flexibility index (Phi) is 6.01. The van der Waals surface area contributed by atoms with Gasteiger partial charge in [0.15, 0.2) is 5.16 Å². The molecule has 0 saturated heterocycles. The van der Waals surface area contributed by atoms with E-state index in [2.05, 4.69) is 41.4 Å². The number of fused-ring (bicyclic) bond motifs is 1. The standard InChI is InChI=1S/C22H25N3OS/c1-5-13-25-19-12-7-6-11-18(19)23-22(25)27-14-20(26)24-21-16(4)9-8-10-17(21)15(2)3/h5-12,15H,1,13-14H2,2-4H3,(H,24,26). The summed E-state index contributed by atoms with van der Waals surface area (Å²) in [6, 6.07) is 14.1. The third-order valence-corrected chi connectivity index (χ3v) is 5.43. The minimum Gasteiger partial charge on any atom is -0.325 e. The molecule has 0 spiro atoms. The SMILES string of the molecule is C=CCn1c(SCC(=O)Nc2c(C)cccc2C(C)C)nc2ccccc21. The van der Waals surface area contributed by atoms with Crippen molar-refractivity contribution in [3.05, 3.63) is 66.2 Å². The predicted molar refractivity (Wildman–Crippen MR) is 115 cm³/mol. The molecule has 0 fully saturated rings. The number of thioether (sulfide) groups is 1. The lowest BCUT2D eigenvalue weighted by Crippen LogP contribution is -2.17. The van der Waals surface area contributed by atoms with Gasteiger partial charge in [-0.2, -0.15) is 0 Å². The summed E-state index contributed by atoms with van der Waals surface area (Å²) in [5.41, 5.74) is 5.16. The Morgan fingerprint density at radius 3 is 2.78 bits per heavy atom. The molecule has 0 aliphatic rings. The van der Waals surface area contributed by atoms with Gasteiger partial charge in [-0.15, -0.1) is 6.58 Å². The van der Waals surface area contributed by atoms with E-state index < -0.39 is 0 Å². The van der Waals surface area contributed by atoms with E-state index in [4.69, 9.17) is 0 Å². The fourth-order valence-corrected chi connectivity index (χ4v) is 3.94. The van der Waals surface area contributed by atoms with E-state index in [9.17, 15) is 4.79 Å². The van der Waals surface area contributed by atoms with Gasteiger partial charge in [0.25, 0.3) is 0 Å². The first-order valence-corrected chi connectivity index (χ1v) is 10.1. The van der Waals surface area contributed by atoms with Gasteiger partial charge in [-0.1, -0.05) is 62.0 Å². The van der Waals surface area contributed by atoms with Crippen LogP contribution in [0.15, 0.2) is 60.3 Å². The number of rotatable bonds is 7. The molecular weight excluding hydrogens is 354 g/mol. The lowest BCUT2D eigenvalue weighted by molar-refractivity contribution is -0.113. The third-order valence-electron chi connectivity index (χ3n) is 4.46. The highest BCUT2D eigenvalue weighted by atomic mass is 32.2. The highest BCUT2D eigenvalue weighted by Crippen LogP contribution is 2.28. The van der Waals surface area contributed by atoms with Crippen LogP contribution in [0.1, 0.15) is 30.9 Å². The normalized spacial score (nSPS) is 11.1. The minimum absolute atomic E-state index is 0.0200. The van der Waals surface area contributed by atoms with Crippen LogP contribution in [0.4, 0.5) is 5.69 Å². The number of anilines is 1. The Bertz CT molecular complexity index is 975. The van der Waals surface area contributed by atoms with Crippen molar-refractivity contribution in [2.24, 2.45) is 0 Å². The Morgan fingerprint density at radius 1 is 1.26 bits per heavy atom. The van der Waals surface area contributed by atoms with E-state index in [0.717, 1.165) is 33.0 Å². The molecule has 1 N–H and O–H groups in total. The molecule has 0 bridgehead atoms. The maximum absolute atomic E-state index is 12.6. The molecule has 140 valence electrons. The van der Waals surface area contributed by atoms with E-state index in [1.54, 1.807) is 0 Å². The second-order valence-electron chi connectivity index (χ2n) is 6.81. The van der Waals surface area contributed by atoms with Crippen molar-refractivity contribution in [1.29, 1.82) is 0 Å². The topological polar surface area (TPSA) is 46.9 Å². The van der Waals surface area contributed by atoms with Gasteiger partial charge in [0.1, 0.15) is 0 Å². The van der Waals surface area contributed by atoms with Crippen LogP contribution in [0.2, 0.25) is 0 Å². The van der Waals surface area contributed by atoms with Crippen LogP contribution in [0.25, 0.3) is 11.0 Å². The summed E-state index contributed by atoms with van der Waals surface area (Å²) >= 11 is 1.45. The Balaban J connectivity index is 1.76. The highest BCUT2D eigenvalue weighted by Gasteiger charge is 2.15. The first kappa shape index (κ1) is 19.2. The number of benzene rings is 2. The van der Waals surface area contributed by atoms with Gasteiger partial charge in [-0.25, -0.2) is 4.98 Å². The largest absolute Gasteiger partial charge is 0.325 e. The Hall–Kier alpha value is -2.53. The molecule has 4 nitrogen and oxygen atoms in total. The molecule has 27 heavy (non-hydrogen) atoms. The first-order chi connectivity index (χ1) is 13.0. The van der Waals surface area contributed by atoms with Crippen LogP contribution in [-0.4, -0.2) is 21.2 Å². The maximum Gasteiger partial charge on any atom is 0.234 e. The zero-order valence-corrected chi connectivity index (χ0v) is 16.8. The zero-order chi connectivity index (χ0) is 19.4. The number of nitrogens with one attached hydrogen (secondary N) is 1. The summed E-state index contributed by atoms with van der Waals surface area (Å²) < 4.78 is 2.09. The van der Waals surface area contributed by atoms with Crippen molar-refractivity contribution in [1.82, 2.24) is 9.55 Å². The minimum atomic E-state index is -0.0200. The first-order valence-electron chi connectivity index (χ1n) is 9.09. The molecule has 1 amide bonds. The number of para-hydroxylation sites is 3. The number of aryl methyl sites for hydroxylation is 1. The summed E-state index contributed by atoms with van der Waals surface area (Å²) in [4.78, 5) is 17.3. The van der Waals surface area contributed by atoms with E-state index >= 15 is 0 Å². The third kappa shape index (κ3) is 4.25. The molecule has 0 aliphatic carbocycles. The van der Waals surface area contributed by atoms with Gasteiger partial charge in [-0.05, 0) is 36.1 Å². The van der Waals surface area contributed by atoms with Crippen molar-refractivity contribution in [3.8, 4) is 0 Å². The molecule has 3 aromatic rings. The monoisotopic (exact) mass is 379 g/mol. The summed E-state index contributed by atoms with van der Waals surface area (Å²) in [5.74, 6) is 0.643.